The lowest BCUT2D eigenvalue weighted by Gasteiger charge is -2.22. The molecule has 34 heavy (non-hydrogen) atoms. The number of aliphatic hydroxyl groups is 1. The molecule has 1 atom stereocenters. The van der Waals surface area contributed by atoms with Crippen LogP contribution in [0.3, 0.4) is 0 Å². The van der Waals surface area contributed by atoms with Gasteiger partial charge in [0.05, 0.1) is 12.5 Å². The summed E-state index contributed by atoms with van der Waals surface area (Å²) in [6.07, 6.45) is 23.7. The fourth-order valence-corrected chi connectivity index (χ4v) is 4.61. The number of hydrogen-bond donors (Lipinski definition) is 1. The number of hydrogen-bond acceptors (Lipinski definition) is 4. The topological polar surface area (TPSA) is 49.8 Å². The fraction of sp³-hybridized carbons (Fsp3) is 0.967. The van der Waals surface area contributed by atoms with E-state index in [1.165, 1.54) is 90.0 Å². The molecule has 0 rings (SSSR count). The number of aliphatic hydroxyl groups excluding tert-OH is 1. The molecule has 1 unspecified atom stereocenters. The van der Waals surface area contributed by atoms with Crippen molar-refractivity contribution in [2.24, 2.45) is 5.92 Å². The van der Waals surface area contributed by atoms with E-state index in [9.17, 15) is 4.79 Å². The second-order valence-corrected chi connectivity index (χ2v) is 10.3. The maximum Gasteiger partial charge on any atom is 0.308 e. The van der Waals surface area contributed by atoms with Crippen LogP contribution in [0.5, 0.6) is 0 Å². The number of carbonyl (C=O) groups excluding carboxylic acids is 1. The van der Waals surface area contributed by atoms with Crippen molar-refractivity contribution in [3.05, 3.63) is 0 Å². The zero-order valence-corrected chi connectivity index (χ0v) is 23.5. The Morgan fingerprint density at radius 2 is 1.09 bits per heavy atom. The standard InChI is InChI=1S/C30H61NO3/c1-4-7-10-12-13-17-23-29(22-16-11-8-5-2)30(33)34-28-21-15-14-18-25-31(24-9-6-3)26-19-20-27-32/h29,32H,4-28H2,1-3H3. The van der Waals surface area contributed by atoms with Gasteiger partial charge in [-0.3, -0.25) is 4.79 Å². The molecule has 4 heteroatoms. The quantitative estimate of drug-likeness (QED) is 0.0942. The van der Waals surface area contributed by atoms with Crippen molar-refractivity contribution in [2.75, 3.05) is 32.8 Å². The van der Waals surface area contributed by atoms with Gasteiger partial charge in [0, 0.05) is 6.61 Å². The molecule has 0 aromatic heterocycles. The Kier molecular flexibility index (Phi) is 26.5. The van der Waals surface area contributed by atoms with Crippen molar-refractivity contribution in [3.63, 3.8) is 0 Å². The van der Waals surface area contributed by atoms with Crippen LogP contribution in [0, 0.1) is 5.92 Å². The van der Waals surface area contributed by atoms with Crippen LogP contribution >= 0.6 is 0 Å². The van der Waals surface area contributed by atoms with E-state index in [4.69, 9.17) is 9.84 Å². The van der Waals surface area contributed by atoms with E-state index >= 15 is 0 Å². The van der Waals surface area contributed by atoms with E-state index in [0.717, 1.165) is 58.0 Å². The Hall–Kier alpha value is -0.610. The Bertz CT molecular complexity index is 416. The van der Waals surface area contributed by atoms with Gasteiger partial charge in [0.25, 0.3) is 0 Å². The molecule has 0 aliphatic carbocycles. The van der Waals surface area contributed by atoms with Crippen molar-refractivity contribution < 1.29 is 14.6 Å². The van der Waals surface area contributed by atoms with Gasteiger partial charge in [0.1, 0.15) is 0 Å². The third kappa shape index (κ3) is 21.9. The van der Waals surface area contributed by atoms with Gasteiger partial charge in [-0.1, -0.05) is 104 Å². The van der Waals surface area contributed by atoms with Gasteiger partial charge < -0.3 is 14.7 Å². The average molecular weight is 484 g/mol. The lowest BCUT2D eigenvalue weighted by Crippen LogP contribution is -2.27. The number of rotatable bonds is 27. The third-order valence-electron chi connectivity index (χ3n) is 6.97. The minimum atomic E-state index is 0.0691. The van der Waals surface area contributed by atoms with Crippen molar-refractivity contribution >= 4 is 5.97 Å². The summed E-state index contributed by atoms with van der Waals surface area (Å²) in [5.41, 5.74) is 0. The minimum Gasteiger partial charge on any atom is -0.465 e. The molecule has 0 spiro atoms. The van der Waals surface area contributed by atoms with Crippen molar-refractivity contribution in [2.45, 2.75) is 149 Å². The molecule has 0 amide bonds. The highest BCUT2D eigenvalue weighted by Gasteiger charge is 2.19. The van der Waals surface area contributed by atoms with Crippen molar-refractivity contribution in [1.29, 1.82) is 0 Å². The average Bonchev–Trinajstić information content (AvgIpc) is 2.84. The van der Waals surface area contributed by atoms with Gasteiger partial charge in [0.2, 0.25) is 0 Å². The normalized spacial score (nSPS) is 12.4. The zero-order chi connectivity index (χ0) is 25.1. The van der Waals surface area contributed by atoms with Gasteiger partial charge in [-0.15, -0.1) is 0 Å². The highest BCUT2D eigenvalue weighted by molar-refractivity contribution is 5.72. The summed E-state index contributed by atoms with van der Waals surface area (Å²) in [4.78, 5) is 15.3. The number of esters is 1. The van der Waals surface area contributed by atoms with Gasteiger partial charge in [-0.2, -0.15) is 0 Å². The Labute approximate surface area is 213 Å². The molecule has 204 valence electrons. The van der Waals surface area contributed by atoms with Gasteiger partial charge in [-0.05, 0) is 64.6 Å². The summed E-state index contributed by atoms with van der Waals surface area (Å²) in [5.74, 6) is 0.189. The van der Waals surface area contributed by atoms with Crippen LogP contribution in [0.4, 0.5) is 0 Å². The summed E-state index contributed by atoms with van der Waals surface area (Å²) in [6, 6.07) is 0. The maximum absolute atomic E-state index is 12.7. The number of unbranched alkanes of at least 4 members (excludes halogenated alkanes) is 13. The van der Waals surface area contributed by atoms with E-state index < -0.39 is 0 Å². The SMILES string of the molecule is CCCCCCCCC(CCCCCC)C(=O)OCCCCCCN(CCCC)CCCCO. The van der Waals surface area contributed by atoms with Crippen LogP contribution in [0.2, 0.25) is 0 Å². The molecule has 0 bridgehead atoms. The van der Waals surface area contributed by atoms with Gasteiger partial charge in [-0.25, -0.2) is 0 Å². The van der Waals surface area contributed by atoms with Crippen LogP contribution in [-0.4, -0.2) is 48.8 Å². The van der Waals surface area contributed by atoms with Gasteiger partial charge >= 0.3 is 5.97 Å². The van der Waals surface area contributed by atoms with E-state index in [-0.39, 0.29) is 11.9 Å². The van der Waals surface area contributed by atoms with E-state index in [1.54, 1.807) is 0 Å². The van der Waals surface area contributed by atoms with Gasteiger partial charge in [0.15, 0.2) is 0 Å². The second-order valence-electron chi connectivity index (χ2n) is 10.3. The molecule has 0 saturated heterocycles. The largest absolute Gasteiger partial charge is 0.465 e. The summed E-state index contributed by atoms with van der Waals surface area (Å²) >= 11 is 0. The number of nitrogens with zero attached hydrogens (tertiary/aromatic N) is 1. The van der Waals surface area contributed by atoms with Crippen LogP contribution < -0.4 is 0 Å². The molecule has 1 N–H and O–H groups in total. The van der Waals surface area contributed by atoms with E-state index in [0.29, 0.717) is 13.2 Å². The predicted molar refractivity (Wildman–Crippen MR) is 147 cm³/mol. The lowest BCUT2D eigenvalue weighted by molar-refractivity contribution is -0.149. The molecule has 0 aromatic carbocycles. The van der Waals surface area contributed by atoms with Crippen molar-refractivity contribution in [1.82, 2.24) is 4.90 Å². The first-order valence-corrected chi connectivity index (χ1v) is 15.2. The Morgan fingerprint density at radius 3 is 1.71 bits per heavy atom. The van der Waals surface area contributed by atoms with Crippen LogP contribution in [-0.2, 0) is 9.53 Å². The third-order valence-corrected chi connectivity index (χ3v) is 6.97. The molecular weight excluding hydrogens is 422 g/mol. The van der Waals surface area contributed by atoms with E-state index in [2.05, 4.69) is 25.7 Å². The first kappa shape index (κ1) is 33.4. The number of carbonyl (C=O) groups is 1. The Balaban J connectivity index is 4.07. The van der Waals surface area contributed by atoms with E-state index in [1.807, 2.05) is 0 Å². The summed E-state index contributed by atoms with van der Waals surface area (Å²) in [7, 11) is 0. The second kappa shape index (κ2) is 27.0. The minimum absolute atomic E-state index is 0.0691. The molecule has 0 saturated carbocycles. The molecule has 0 aromatic rings. The maximum atomic E-state index is 12.7. The number of ether oxygens (including phenoxy) is 1. The Morgan fingerprint density at radius 1 is 0.618 bits per heavy atom. The first-order valence-electron chi connectivity index (χ1n) is 15.2. The first-order chi connectivity index (χ1) is 16.7. The predicted octanol–water partition coefficient (Wildman–Crippen LogP) is 8.30. The van der Waals surface area contributed by atoms with Crippen LogP contribution in [0.25, 0.3) is 0 Å². The highest BCUT2D eigenvalue weighted by atomic mass is 16.5. The molecular formula is C30H61NO3. The van der Waals surface area contributed by atoms with Crippen LogP contribution in [0.1, 0.15) is 149 Å². The van der Waals surface area contributed by atoms with Crippen molar-refractivity contribution in [3.8, 4) is 0 Å². The molecule has 0 heterocycles. The lowest BCUT2D eigenvalue weighted by atomic mass is 9.94. The fourth-order valence-electron chi connectivity index (χ4n) is 4.61. The summed E-state index contributed by atoms with van der Waals surface area (Å²) < 4.78 is 5.73. The summed E-state index contributed by atoms with van der Waals surface area (Å²) in [5, 5.41) is 9.02. The monoisotopic (exact) mass is 483 g/mol. The summed E-state index contributed by atoms with van der Waals surface area (Å²) in [6.45, 7) is 11.1. The zero-order valence-electron chi connectivity index (χ0n) is 23.5. The molecule has 0 aliphatic heterocycles. The molecule has 0 radical (unpaired) electrons. The highest BCUT2D eigenvalue weighted by Crippen LogP contribution is 2.20. The molecule has 0 aliphatic rings. The molecule has 4 nitrogen and oxygen atoms in total. The van der Waals surface area contributed by atoms with Crippen LogP contribution in [0.15, 0.2) is 0 Å². The smallest absolute Gasteiger partial charge is 0.308 e. The molecule has 0 fully saturated rings.